The topological polar surface area (TPSA) is 114 Å². The first-order valence-corrected chi connectivity index (χ1v) is 14.5. The van der Waals surface area contributed by atoms with E-state index in [0.717, 1.165) is 35.1 Å². The molecule has 1 atom stereocenters. The van der Waals surface area contributed by atoms with E-state index in [2.05, 4.69) is 12.2 Å². The van der Waals surface area contributed by atoms with Gasteiger partial charge in [-0.25, -0.2) is 4.39 Å². The lowest BCUT2D eigenvalue weighted by molar-refractivity contribution is -0.137. The molecule has 3 aromatic rings. The number of carboxylic acid groups (broad SMARTS) is 1. The van der Waals surface area contributed by atoms with Crippen molar-refractivity contribution in [3.63, 3.8) is 0 Å². The molecule has 0 aliphatic carbocycles. The van der Waals surface area contributed by atoms with Crippen molar-refractivity contribution in [1.29, 1.82) is 0 Å². The number of carbonyl (C=O) groups excluding carboxylic acids is 1. The summed E-state index contributed by atoms with van der Waals surface area (Å²) in [7, 11) is 0. The Labute approximate surface area is 245 Å². The maximum Gasteiger partial charge on any atom is 0.305 e. The molecule has 42 heavy (non-hydrogen) atoms. The monoisotopic (exact) mass is 579 g/mol. The number of rotatable bonds is 14. The Kier molecular flexibility index (Phi) is 10.6. The SMILES string of the molecule is CCCc1c(OCCCOc2cc(O)c(-c3ccc(F)cc3)cc2CC)ccc2c1OC(C(=O)NCCC(=O)O)CC2. The first-order valence-electron chi connectivity index (χ1n) is 14.5. The van der Waals surface area contributed by atoms with Gasteiger partial charge < -0.3 is 29.7 Å². The zero-order valence-corrected chi connectivity index (χ0v) is 24.1. The number of aliphatic carboxylic acids is 1. The normalized spacial score (nSPS) is 14.0. The highest BCUT2D eigenvalue weighted by Gasteiger charge is 2.29. The third-order valence-electron chi connectivity index (χ3n) is 7.18. The van der Waals surface area contributed by atoms with Crippen LogP contribution < -0.4 is 19.5 Å². The number of fused-ring (bicyclic) bond motifs is 1. The molecular formula is C33H38FNO7. The van der Waals surface area contributed by atoms with E-state index in [4.69, 9.17) is 19.3 Å². The van der Waals surface area contributed by atoms with Crippen LogP contribution in [-0.4, -0.2) is 48.0 Å². The van der Waals surface area contributed by atoms with Crippen LogP contribution in [-0.2, 0) is 28.9 Å². The minimum atomic E-state index is -0.966. The summed E-state index contributed by atoms with van der Waals surface area (Å²) in [5.41, 5.74) is 4.24. The van der Waals surface area contributed by atoms with E-state index in [9.17, 15) is 19.1 Å². The lowest BCUT2D eigenvalue weighted by atomic mass is 9.96. The molecule has 3 N–H and O–H groups in total. The number of phenols is 1. The molecule has 1 aliphatic rings. The molecule has 1 heterocycles. The molecule has 3 aromatic carbocycles. The Bertz CT molecular complexity index is 1390. The zero-order chi connectivity index (χ0) is 30.1. The summed E-state index contributed by atoms with van der Waals surface area (Å²) in [5.74, 6) is 0.446. The lowest BCUT2D eigenvalue weighted by Gasteiger charge is -2.28. The number of amides is 1. The summed E-state index contributed by atoms with van der Waals surface area (Å²) in [4.78, 5) is 23.3. The van der Waals surface area contributed by atoms with Crippen LogP contribution in [0.5, 0.6) is 23.0 Å². The van der Waals surface area contributed by atoms with Gasteiger partial charge in [0.15, 0.2) is 6.10 Å². The highest BCUT2D eigenvalue weighted by atomic mass is 19.1. The van der Waals surface area contributed by atoms with Crippen molar-refractivity contribution in [2.45, 2.75) is 64.9 Å². The maximum absolute atomic E-state index is 13.3. The molecule has 9 heteroatoms. The molecule has 0 bridgehead atoms. The van der Waals surface area contributed by atoms with Crippen LogP contribution in [0, 0.1) is 5.82 Å². The number of nitrogens with one attached hydrogen (secondary N) is 1. The number of hydrogen-bond donors (Lipinski definition) is 3. The van der Waals surface area contributed by atoms with Crippen molar-refractivity contribution in [3.05, 3.63) is 71.0 Å². The maximum atomic E-state index is 13.3. The molecule has 8 nitrogen and oxygen atoms in total. The van der Waals surface area contributed by atoms with E-state index in [0.29, 0.717) is 61.7 Å². The van der Waals surface area contributed by atoms with Gasteiger partial charge in [-0.2, -0.15) is 0 Å². The quantitative estimate of drug-likeness (QED) is 0.206. The van der Waals surface area contributed by atoms with Gasteiger partial charge in [-0.3, -0.25) is 9.59 Å². The van der Waals surface area contributed by atoms with Crippen LogP contribution >= 0.6 is 0 Å². The first kappa shape index (κ1) is 30.7. The average Bonchev–Trinajstić information content (AvgIpc) is 2.98. The molecule has 0 spiro atoms. The number of halogens is 1. The van der Waals surface area contributed by atoms with E-state index in [1.54, 1.807) is 18.2 Å². The fourth-order valence-electron chi connectivity index (χ4n) is 5.01. The third kappa shape index (κ3) is 7.72. The van der Waals surface area contributed by atoms with Crippen LogP contribution in [0.3, 0.4) is 0 Å². The standard InChI is InChI=1S/C33H38FNO7/c1-3-6-25-28(13-9-23-10-14-29(42-32(23)25)33(39)35-16-15-31(37)38)40-17-5-18-41-30-20-27(36)26(19-21(30)4-2)22-7-11-24(34)12-8-22/h7-9,11-13,19-20,29,36H,3-6,10,14-18H2,1-2H3,(H,35,39)(H,37,38). The number of phenolic OH excluding ortho intramolecular Hbond substituents is 1. The highest BCUT2D eigenvalue weighted by Crippen LogP contribution is 2.39. The van der Waals surface area contributed by atoms with Crippen molar-refractivity contribution in [2.24, 2.45) is 0 Å². The number of aromatic hydroxyl groups is 1. The van der Waals surface area contributed by atoms with Gasteiger partial charge in [0.05, 0.1) is 19.6 Å². The second-order valence-corrected chi connectivity index (χ2v) is 10.2. The zero-order valence-electron chi connectivity index (χ0n) is 24.1. The van der Waals surface area contributed by atoms with Gasteiger partial charge in [0.1, 0.15) is 28.8 Å². The smallest absolute Gasteiger partial charge is 0.305 e. The second kappa shape index (κ2) is 14.6. The lowest BCUT2D eigenvalue weighted by Crippen LogP contribution is -2.41. The Balaban J connectivity index is 1.36. The van der Waals surface area contributed by atoms with Crippen LogP contribution in [0.1, 0.15) is 56.2 Å². The molecule has 0 radical (unpaired) electrons. The minimum Gasteiger partial charge on any atom is -0.507 e. The summed E-state index contributed by atoms with van der Waals surface area (Å²) in [6, 6.07) is 13.4. The molecule has 1 amide bonds. The number of hydrogen-bond acceptors (Lipinski definition) is 6. The van der Waals surface area contributed by atoms with E-state index in [1.807, 2.05) is 25.1 Å². The first-order chi connectivity index (χ1) is 20.3. The summed E-state index contributed by atoms with van der Waals surface area (Å²) < 4.78 is 31.6. The molecule has 224 valence electrons. The number of benzene rings is 3. The van der Waals surface area contributed by atoms with E-state index in [-0.39, 0.29) is 30.4 Å². The predicted octanol–water partition coefficient (Wildman–Crippen LogP) is 5.85. The number of carboxylic acids is 1. The van der Waals surface area contributed by atoms with Gasteiger partial charge in [-0.1, -0.05) is 38.5 Å². The summed E-state index contributed by atoms with van der Waals surface area (Å²) in [5, 5.41) is 22.1. The summed E-state index contributed by atoms with van der Waals surface area (Å²) >= 11 is 0. The summed E-state index contributed by atoms with van der Waals surface area (Å²) in [6.45, 7) is 4.92. The molecule has 1 unspecified atom stereocenters. The van der Waals surface area contributed by atoms with E-state index in [1.165, 1.54) is 12.1 Å². The Morgan fingerprint density at radius 1 is 1.05 bits per heavy atom. The van der Waals surface area contributed by atoms with Gasteiger partial charge in [-0.05, 0) is 66.6 Å². The van der Waals surface area contributed by atoms with Gasteiger partial charge in [-0.15, -0.1) is 0 Å². The van der Waals surface area contributed by atoms with Crippen LogP contribution in [0.25, 0.3) is 11.1 Å². The van der Waals surface area contributed by atoms with Gasteiger partial charge in [0.25, 0.3) is 5.91 Å². The fraction of sp³-hybridized carbons (Fsp3) is 0.394. The van der Waals surface area contributed by atoms with E-state index < -0.39 is 12.1 Å². The van der Waals surface area contributed by atoms with E-state index >= 15 is 0 Å². The van der Waals surface area contributed by atoms with Crippen LogP contribution in [0.4, 0.5) is 4.39 Å². The van der Waals surface area contributed by atoms with Gasteiger partial charge in [0, 0.05) is 30.2 Å². The Morgan fingerprint density at radius 2 is 1.79 bits per heavy atom. The molecule has 1 aliphatic heterocycles. The van der Waals surface area contributed by atoms with Crippen LogP contribution in [0.2, 0.25) is 0 Å². The van der Waals surface area contributed by atoms with Crippen molar-refractivity contribution in [1.82, 2.24) is 5.32 Å². The second-order valence-electron chi connectivity index (χ2n) is 10.2. The third-order valence-corrected chi connectivity index (χ3v) is 7.18. The summed E-state index contributed by atoms with van der Waals surface area (Å²) in [6.07, 6.45) is 3.28. The number of carbonyl (C=O) groups is 2. The van der Waals surface area contributed by atoms with Crippen molar-refractivity contribution in [2.75, 3.05) is 19.8 Å². The van der Waals surface area contributed by atoms with Gasteiger partial charge in [0.2, 0.25) is 0 Å². The van der Waals surface area contributed by atoms with Crippen molar-refractivity contribution < 1.29 is 38.4 Å². The van der Waals surface area contributed by atoms with Crippen molar-refractivity contribution in [3.8, 4) is 34.1 Å². The number of aryl methyl sites for hydroxylation is 2. The Hall–Kier alpha value is -4.27. The predicted molar refractivity (Wildman–Crippen MR) is 157 cm³/mol. The number of ether oxygens (including phenoxy) is 3. The van der Waals surface area contributed by atoms with Crippen molar-refractivity contribution >= 4 is 11.9 Å². The molecule has 4 rings (SSSR count). The van der Waals surface area contributed by atoms with Gasteiger partial charge >= 0.3 is 5.97 Å². The minimum absolute atomic E-state index is 0.0612. The molecule has 0 fully saturated rings. The molecule has 0 aromatic heterocycles. The molecule has 0 saturated carbocycles. The molecule has 0 saturated heterocycles. The Morgan fingerprint density at radius 3 is 2.48 bits per heavy atom. The largest absolute Gasteiger partial charge is 0.507 e. The van der Waals surface area contributed by atoms with Crippen LogP contribution in [0.15, 0.2) is 48.5 Å². The molecular weight excluding hydrogens is 541 g/mol. The fourth-order valence-corrected chi connectivity index (χ4v) is 5.01. The highest BCUT2D eigenvalue weighted by molar-refractivity contribution is 5.82. The average molecular weight is 580 g/mol.